The fraction of sp³-hybridized carbons (Fsp3) is 0.560. The lowest BCUT2D eigenvalue weighted by Crippen LogP contribution is -2.41. The molecule has 180 valence electrons. The second-order valence-corrected chi connectivity index (χ2v) is 10.6. The van der Waals surface area contributed by atoms with Gasteiger partial charge in [-0.25, -0.2) is 9.78 Å². The van der Waals surface area contributed by atoms with Gasteiger partial charge in [0.2, 0.25) is 0 Å². The molecule has 8 heteroatoms. The second kappa shape index (κ2) is 10.5. The molecule has 33 heavy (non-hydrogen) atoms. The summed E-state index contributed by atoms with van der Waals surface area (Å²) < 4.78 is 11.4. The lowest BCUT2D eigenvalue weighted by molar-refractivity contribution is 0.0204. The minimum Gasteiger partial charge on any atom is -0.491 e. The van der Waals surface area contributed by atoms with Crippen LogP contribution in [0.3, 0.4) is 0 Å². The number of ether oxygens (including phenoxy) is 2. The van der Waals surface area contributed by atoms with E-state index in [0.717, 1.165) is 34.7 Å². The molecule has 1 unspecified atom stereocenters. The summed E-state index contributed by atoms with van der Waals surface area (Å²) in [6, 6.07) is 5.88. The zero-order chi connectivity index (χ0) is 24.2. The molecule has 1 aliphatic rings. The molecule has 0 radical (unpaired) electrons. The van der Waals surface area contributed by atoms with Crippen molar-refractivity contribution in [2.24, 2.45) is 0 Å². The van der Waals surface area contributed by atoms with Crippen molar-refractivity contribution in [1.29, 1.82) is 0 Å². The maximum Gasteiger partial charge on any atom is 0.410 e. The van der Waals surface area contributed by atoms with Crippen LogP contribution in [0.25, 0.3) is 0 Å². The third-order valence-corrected chi connectivity index (χ3v) is 6.52. The summed E-state index contributed by atoms with van der Waals surface area (Å²) >= 11 is 1.51. The maximum atomic E-state index is 12.7. The van der Waals surface area contributed by atoms with Gasteiger partial charge in [0.25, 0.3) is 5.91 Å². The number of benzene rings is 1. The fourth-order valence-corrected chi connectivity index (χ4v) is 4.76. The van der Waals surface area contributed by atoms with Crippen molar-refractivity contribution in [3.63, 3.8) is 0 Å². The van der Waals surface area contributed by atoms with Gasteiger partial charge in [-0.15, -0.1) is 11.3 Å². The molecular formula is C25H35N3O4S. The predicted octanol–water partition coefficient (Wildman–Crippen LogP) is 5.07. The Hall–Kier alpha value is -2.61. The van der Waals surface area contributed by atoms with Crippen molar-refractivity contribution in [3.8, 4) is 5.75 Å². The summed E-state index contributed by atoms with van der Waals surface area (Å²) in [7, 11) is 0. The molecule has 7 nitrogen and oxygen atoms in total. The molecule has 3 rings (SSSR count). The van der Waals surface area contributed by atoms with Crippen molar-refractivity contribution >= 4 is 23.3 Å². The Kier molecular flexibility index (Phi) is 8.00. The molecule has 2 amide bonds. The van der Waals surface area contributed by atoms with E-state index in [1.165, 1.54) is 11.3 Å². The minimum absolute atomic E-state index is 0.154. The van der Waals surface area contributed by atoms with Gasteiger partial charge in [-0.3, -0.25) is 4.79 Å². The van der Waals surface area contributed by atoms with Gasteiger partial charge < -0.3 is 19.7 Å². The Morgan fingerprint density at radius 2 is 1.85 bits per heavy atom. The number of nitrogens with zero attached hydrogens (tertiary/aromatic N) is 2. The van der Waals surface area contributed by atoms with Crippen molar-refractivity contribution < 1.29 is 19.1 Å². The second-order valence-electron chi connectivity index (χ2n) is 9.72. The number of likely N-dealkylation sites (tertiary alicyclic amines) is 1. The van der Waals surface area contributed by atoms with E-state index >= 15 is 0 Å². The van der Waals surface area contributed by atoms with Gasteiger partial charge >= 0.3 is 6.09 Å². The first kappa shape index (κ1) is 25.0. The quantitative estimate of drug-likeness (QED) is 0.633. The van der Waals surface area contributed by atoms with Gasteiger partial charge in [0.05, 0.1) is 11.0 Å². The van der Waals surface area contributed by atoms with E-state index in [9.17, 15) is 9.59 Å². The van der Waals surface area contributed by atoms with Gasteiger partial charge in [0, 0.05) is 24.4 Å². The molecule has 0 aliphatic carbocycles. The van der Waals surface area contributed by atoms with Crippen LogP contribution in [0.5, 0.6) is 5.75 Å². The smallest absolute Gasteiger partial charge is 0.410 e. The van der Waals surface area contributed by atoms with Crippen molar-refractivity contribution in [2.75, 3.05) is 19.7 Å². The Balaban J connectivity index is 1.49. The van der Waals surface area contributed by atoms with Gasteiger partial charge in [-0.2, -0.15) is 0 Å². The number of carbonyl (C=O) groups excluding carboxylic acids is 2. The standard InChI is InChI=1S/C25H35N3O4S/c1-16-8-7-9-17(2)21(16)31-14-18(3)26-22(29)20-15-33-23(27-20)19-10-12-28(13-11-19)24(30)32-25(4,5)6/h7-9,15,18-19H,10-14H2,1-6H3,(H,26,29). The molecular weight excluding hydrogens is 438 g/mol. The summed E-state index contributed by atoms with van der Waals surface area (Å²) in [5.41, 5.74) is 2.10. The molecule has 1 N–H and O–H groups in total. The third kappa shape index (κ3) is 6.93. The Morgan fingerprint density at radius 3 is 2.45 bits per heavy atom. The van der Waals surface area contributed by atoms with Gasteiger partial charge in [0.15, 0.2) is 0 Å². The monoisotopic (exact) mass is 473 g/mol. The summed E-state index contributed by atoms with van der Waals surface area (Å²) in [6.07, 6.45) is 1.36. The number of amides is 2. The number of hydrogen-bond donors (Lipinski definition) is 1. The number of para-hydroxylation sites is 1. The van der Waals surface area contributed by atoms with Crippen LogP contribution in [0, 0.1) is 13.8 Å². The van der Waals surface area contributed by atoms with Crippen LogP contribution in [-0.4, -0.2) is 53.2 Å². The van der Waals surface area contributed by atoms with Crippen LogP contribution in [0.1, 0.15) is 73.1 Å². The van der Waals surface area contributed by atoms with Crippen LogP contribution < -0.4 is 10.1 Å². The van der Waals surface area contributed by atoms with E-state index in [4.69, 9.17) is 9.47 Å². The number of nitrogens with one attached hydrogen (secondary N) is 1. The number of hydrogen-bond acceptors (Lipinski definition) is 6. The van der Waals surface area contributed by atoms with Crippen LogP contribution in [0.4, 0.5) is 4.79 Å². The highest BCUT2D eigenvalue weighted by Gasteiger charge is 2.29. The number of rotatable bonds is 6. The van der Waals surface area contributed by atoms with E-state index in [1.54, 1.807) is 4.90 Å². The molecule has 1 atom stereocenters. The van der Waals surface area contributed by atoms with Crippen LogP contribution in [0.15, 0.2) is 23.6 Å². The molecule has 0 saturated carbocycles. The fourth-order valence-electron chi connectivity index (χ4n) is 3.79. The normalized spacial score (nSPS) is 15.8. The zero-order valence-electron chi connectivity index (χ0n) is 20.4. The highest BCUT2D eigenvalue weighted by molar-refractivity contribution is 7.09. The number of aryl methyl sites for hydroxylation is 2. The molecule has 0 bridgehead atoms. The van der Waals surface area contributed by atoms with Crippen LogP contribution in [-0.2, 0) is 4.74 Å². The van der Waals surface area contributed by atoms with Crippen LogP contribution >= 0.6 is 11.3 Å². The van der Waals surface area contributed by atoms with Crippen LogP contribution in [0.2, 0.25) is 0 Å². The number of aromatic nitrogens is 1. The molecule has 2 heterocycles. The van der Waals surface area contributed by atoms with E-state index in [1.807, 2.05) is 65.1 Å². The summed E-state index contributed by atoms with van der Waals surface area (Å²) in [5.74, 6) is 0.925. The Morgan fingerprint density at radius 1 is 1.21 bits per heavy atom. The molecule has 1 aliphatic heterocycles. The molecule has 1 aromatic carbocycles. The van der Waals surface area contributed by atoms with E-state index in [0.29, 0.717) is 25.4 Å². The minimum atomic E-state index is -0.494. The molecule has 2 aromatic rings. The first-order valence-corrected chi connectivity index (χ1v) is 12.3. The average Bonchev–Trinajstić information content (AvgIpc) is 3.23. The summed E-state index contributed by atoms with van der Waals surface area (Å²) in [6.45, 7) is 13.2. The lowest BCUT2D eigenvalue weighted by atomic mass is 9.98. The zero-order valence-corrected chi connectivity index (χ0v) is 21.3. The molecule has 1 fully saturated rings. The van der Waals surface area contributed by atoms with E-state index < -0.39 is 5.60 Å². The largest absolute Gasteiger partial charge is 0.491 e. The molecule has 1 aromatic heterocycles. The average molecular weight is 474 g/mol. The van der Waals surface area contributed by atoms with E-state index in [-0.39, 0.29) is 24.0 Å². The topological polar surface area (TPSA) is 80.8 Å². The summed E-state index contributed by atoms with van der Waals surface area (Å²) in [4.78, 5) is 31.3. The van der Waals surface area contributed by atoms with Gasteiger partial charge in [0.1, 0.15) is 23.7 Å². The first-order valence-electron chi connectivity index (χ1n) is 11.5. The highest BCUT2D eigenvalue weighted by atomic mass is 32.1. The van der Waals surface area contributed by atoms with Gasteiger partial charge in [-0.1, -0.05) is 18.2 Å². The third-order valence-electron chi connectivity index (χ3n) is 5.51. The first-order chi connectivity index (χ1) is 15.5. The summed E-state index contributed by atoms with van der Waals surface area (Å²) in [5, 5.41) is 5.73. The number of piperidine rings is 1. The van der Waals surface area contributed by atoms with E-state index in [2.05, 4.69) is 10.3 Å². The highest BCUT2D eigenvalue weighted by Crippen LogP contribution is 2.31. The maximum absolute atomic E-state index is 12.7. The van der Waals surface area contributed by atoms with Crippen molar-refractivity contribution in [2.45, 2.75) is 71.9 Å². The Labute approximate surface area is 200 Å². The van der Waals surface area contributed by atoms with Crippen molar-refractivity contribution in [1.82, 2.24) is 15.2 Å². The Bertz CT molecular complexity index is 954. The number of carbonyl (C=O) groups is 2. The molecule has 0 spiro atoms. The lowest BCUT2D eigenvalue weighted by Gasteiger charge is -2.32. The predicted molar refractivity (Wildman–Crippen MR) is 130 cm³/mol. The van der Waals surface area contributed by atoms with Crippen molar-refractivity contribution in [3.05, 3.63) is 45.4 Å². The SMILES string of the molecule is Cc1cccc(C)c1OCC(C)NC(=O)c1csc(C2CCN(C(=O)OC(C)(C)C)CC2)n1. The number of thiazole rings is 1. The molecule has 1 saturated heterocycles. The van der Waals surface area contributed by atoms with Gasteiger partial charge in [-0.05, 0) is 65.5 Å².